The molecule has 158 valence electrons. The van der Waals surface area contributed by atoms with Crippen molar-refractivity contribution in [1.82, 2.24) is 9.88 Å². The van der Waals surface area contributed by atoms with Crippen LogP contribution in [0.1, 0.15) is 24.4 Å². The first-order chi connectivity index (χ1) is 14.3. The third-order valence-corrected chi connectivity index (χ3v) is 8.55. The van der Waals surface area contributed by atoms with Gasteiger partial charge >= 0.3 is 0 Å². The molecule has 1 amide bonds. The Hall–Kier alpha value is -2.29. The van der Waals surface area contributed by atoms with E-state index in [9.17, 15) is 13.2 Å². The van der Waals surface area contributed by atoms with Crippen molar-refractivity contribution in [3.8, 4) is 0 Å². The summed E-state index contributed by atoms with van der Waals surface area (Å²) in [6, 6.07) is 17.0. The van der Waals surface area contributed by atoms with E-state index < -0.39 is 9.84 Å². The maximum atomic E-state index is 13.3. The predicted octanol–water partition coefficient (Wildman–Crippen LogP) is 3.51. The van der Waals surface area contributed by atoms with Gasteiger partial charge in [0, 0.05) is 5.69 Å². The summed E-state index contributed by atoms with van der Waals surface area (Å²) in [6.07, 6.45) is 0.472. The van der Waals surface area contributed by atoms with Gasteiger partial charge < -0.3 is 4.90 Å². The van der Waals surface area contributed by atoms with E-state index in [0.29, 0.717) is 6.42 Å². The molecule has 1 fully saturated rings. The standard InChI is InChI=1S/C22H25N3O3S2/c1-16(22-23-19-10-6-7-11-20(19)29-22)24(2)14-21(26)25(17-8-4-3-5-9-17)18-12-13-30(27,28)15-18/h3-11,16,18H,12-15H2,1-2H3/t16-,18+/m0/s1. The summed E-state index contributed by atoms with van der Waals surface area (Å²) in [5.74, 6) is 0.0514. The first-order valence-corrected chi connectivity index (χ1v) is 12.6. The number of carbonyl (C=O) groups is 1. The lowest BCUT2D eigenvalue weighted by Gasteiger charge is -2.31. The third-order valence-electron chi connectivity index (χ3n) is 5.59. The molecule has 0 saturated carbocycles. The molecule has 1 aliphatic heterocycles. The number of benzene rings is 2. The Balaban J connectivity index is 1.54. The second-order valence-corrected chi connectivity index (χ2v) is 11.1. The van der Waals surface area contributed by atoms with E-state index in [1.165, 1.54) is 0 Å². The number of hydrogen-bond donors (Lipinski definition) is 0. The van der Waals surface area contributed by atoms with Crippen LogP contribution in [0.3, 0.4) is 0 Å². The Morgan fingerprint density at radius 2 is 1.87 bits per heavy atom. The number of anilines is 1. The van der Waals surface area contributed by atoms with Crippen LogP contribution < -0.4 is 4.90 Å². The van der Waals surface area contributed by atoms with Crippen LogP contribution in [0, 0.1) is 0 Å². The van der Waals surface area contributed by atoms with Gasteiger partial charge in [0.2, 0.25) is 5.91 Å². The minimum absolute atomic E-state index is 0.0186. The van der Waals surface area contributed by atoms with Crippen LogP contribution in [-0.2, 0) is 14.6 Å². The Kier molecular flexibility index (Phi) is 5.90. The van der Waals surface area contributed by atoms with Crippen LogP contribution in [0.5, 0.6) is 0 Å². The fraction of sp³-hybridized carbons (Fsp3) is 0.364. The van der Waals surface area contributed by atoms with Crippen molar-refractivity contribution in [2.24, 2.45) is 0 Å². The maximum Gasteiger partial charge on any atom is 0.241 e. The SMILES string of the molecule is C[C@@H](c1nc2ccccc2s1)N(C)CC(=O)N(c1ccccc1)[C@@H]1CCS(=O)(=O)C1. The molecule has 8 heteroatoms. The normalized spacial score (nSPS) is 19.2. The molecule has 2 atom stereocenters. The van der Waals surface area contributed by atoms with Crippen molar-refractivity contribution in [3.63, 3.8) is 0 Å². The molecule has 0 spiro atoms. The number of nitrogens with zero attached hydrogens (tertiary/aromatic N) is 3. The third kappa shape index (κ3) is 4.40. The van der Waals surface area contributed by atoms with Gasteiger partial charge in [-0.2, -0.15) is 0 Å². The summed E-state index contributed by atoms with van der Waals surface area (Å²) >= 11 is 1.63. The summed E-state index contributed by atoms with van der Waals surface area (Å²) in [5, 5.41) is 0.959. The zero-order valence-corrected chi connectivity index (χ0v) is 18.7. The highest BCUT2D eigenvalue weighted by Crippen LogP contribution is 2.30. The zero-order chi connectivity index (χ0) is 21.3. The number of aromatic nitrogens is 1. The van der Waals surface area contributed by atoms with Crippen LogP contribution >= 0.6 is 11.3 Å². The molecule has 1 aromatic heterocycles. The van der Waals surface area contributed by atoms with Gasteiger partial charge in [0.1, 0.15) is 5.01 Å². The molecular weight excluding hydrogens is 418 g/mol. The highest BCUT2D eigenvalue weighted by molar-refractivity contribution is 7.91. The number of hydrogen-bond acceptors (Lipinski definition) is 6. The Labute approximate surface area is 181 Å². The Morgan fingerprint density at radius 1 is 1.17 bits per heavy atom. The molecule has 3 aromatic rings. The number of amides is 1. The smallest absolute Gasteiger partial charge is 0.241 e. The Morgan fingerprint density at radius 3 is 2.53 bits per heavy atom. The summed E-state index contributed by atoms with van der Waals surface area (Å²) in [5.41, 5.74) is 1.71. The van der Waals surface area contributed by atoms with Crippen molar-refractivity contribution in [1.29, 1.82) is 0 Å². The van der Waals surface area contributed by atoms with E-state index in [4.69, 9.17) is 4.98 Å². The number of carbonyl (C=O) groups excluding carboxylic acids is 1. The van der Waals surface area contributed by atoms with Crippen LogP contribution in [0.15, 0.2) is 54.6 Å². The van der Waals surface area contributed by atoms with Crippen molar-refractivity contribution in [3.05, 3.63) is 59.6 Å². The number of para-hydroxylation sites is 2. The number of fused-ring (bicyclic) bond motifs is 1. The van der Waals surface area contributed by atoms with Crippen LogP contribution in [-0.4, -0.2) is 55.3 Å². The predicted molar refractivity (Wildman–Crippen MR) is 122 cm³/mol. The van der Waals surface area contributed by atoms with Gasteiger partial charge in [-0.05, 0) is 44.7 Å². The van der Waals surface area contributed by atoms with Gasteiger partial charge in [-0.3, -0.25) is 9.69 Å². The molecule has 0 radical (unpaired) electrons. The van der Waals surface area contributed by atoms with E-state index in [1.54, 1.807) is 16.2 Å². The lowest BCUT2D eigenvalue weighted by atomic mass is 10.1. The van der Waals surface area contributed by atoms with Crippen LogP contribution in [0.2, 0.25) is 0 Å². The summed E-state index contributed by atoms with van der Waals surface area (Å²) in [4.78, 5) is 21.7. The fourth-order valence-electron chi connectivity index (χ4n) is 3.81. The molecular formula is C22H25N3O3S2. The Bertz CT molecular complexity index is 1110. The van der Waals surface area contributed by atoms with Crippen molar-refractivity contribution in [2.75, 3.05) is 30.0 Å². The monoisotopic (exact) mass is 443 g/mol. The van der Waals surface area contributed by atoms with Gasteiger partial charge in [0.25, 0.3) is 0 Å². The summed E-state index contributed by atoms with van der Waals surface area (Å²) in [7, 11) is -1.19. The fourth-order valence-corrected chi connectivity index (χ4v) is 6.59. The molecule has 2 heterocycles. The van der Waals surface area contributed by atoms with Gasteiger partial charge in [-0.1, -0.05) is 30.3 Å². The second kappa shape index (κ2) is 8.45. The molecule has 6 nitrogen and oxygen atoms in total. The van der Waals surface area contributed by atoms with Gasteiger partial charge in [-0.25, -0.2) is 13.4 Å². The van der Waals surface area contributed by atoms with E-state index >= 15 is 0 Å². The minimum Gasteiger partial charge on any atom is -0.307 e. The summed E-state index contributed by atoms with van der Waals surface area (Å²) < 4.78 is 25.2. The average molecular weight is 444 g/mol. The zero-order valence-electron chi connectivity index (χ0n) is 17.1. The molecule has 0 bridgehead atoms. The van der Waals surface area contributed by atoms with Crippen molar-refractivity contribution < 1.29 is 13.2 Å². The molecule has 1 aliphatic rings. The minimum atomic E-state index is -3.10. The number of likely N-dealkylation sites (N-methyl/N-ethyl adjacent to an activating group) is 1. The largest absolute Gasteiger partial charge is 0.307 e. The molecule has 2 aromatic carbocycles. The van der Waals surface area contributed by atoms with Gasteiger partial charge in [0.15, 0.2) is 9.84 Å². The van der Waals surface area contributed by atoms with Crippen molar-refractivity contribution in [2.45, 2.75) is 25.4 Å². The van der Waals surface area contributed by atoms with E-state index in [2.05, 4.69) is 0 Å². The highest BCUT2D eigenvalue weighted by Gasteiger charge is 2.36. The maximum absolute atomic E-state index is 13.3. The van der Waals surface area contributed by atoms with Crippen LogP contribution in [0.25, 0.3) is 10.2 Å². The quantitative estimate of drug-likeness (QED) is 0.583. The molecule has 1 saturated heterocycles. The molecule has 0 N–H and O–H groups in total. The van der Waals surface area contributed by atoms with E-state index in [0.717, 1.165) is 20.9 Å². The molecule has 0 aliphatic carbocycles. The lowest BCUT2D eigenvalue weighted by molar-refractivity contribution is -0.120. The molecule has 0 unspecified atom stereocenters. The summed E-state index contributed by atoms with van der Waals surface area (Å²) in [6.45, 7) is 2.22. The molecule has 30 heavy (non-hydrogen) atoms. The average Bonchev–Trinajstić information content (AvgIpc) is 3.31. The number of sulfone groups is 1. The van der Waals surface area contributed by atoms with Crippen molar-refractivity contribution >= 4 is 43.0 Å². The highest BCUT2D eigenvalue weighted by atomic mass is 32.2. The van der Waals surface area contributed by atoms with E-state index in [-0.39, 0.29) is 36.0 Å². The van der Waals surface area contributed by atoms with Gasteiger partial charge in [0.05, 0.1) is 40.4 Å². The number of thiazole rings is 1. The topological polar surface area (TPSA) is 70.6 Å². The lowest BCUT2D eigenvalue weighted by Crippen LogP contribution is -2.46. The number of rotatable bonds is 6. The van der Waals surface area contributed by atoms with Gasteiger partial charge in [-0.15, -0.1) is 11.3 Å². The first-order valence-electron chi connectivity index (χ1n) is 9.97. The van der Waals surface area contributed by atoms with E-state index in [1.807, 2.05) is 73.5 Å². The second-order valence-electron chi connectivity index (χ2n) is 7.77. The van der Waals surface area contributed by atoms with Crippen LogP contribution in [0.4, 0.5) is 5.69 Å². The first kappa shape index (κ1) is 21.0. The molecule has 4 rings (SSSR count).